The average molecular weight is 494 g/mol. The number of ether oxygens (including phenoxy) is 1. The summed E-state index contributed by atoms with van der Waals surface area (Å²) in [4.78, 5) is 43.7. The molecule has 0 atom stereocenters. The van der Waals surface area contributed by atoms with E-state index in [1.54, 1.807) is 36.1 Å². The van der Waals surface area contributed by atoms with E-state index < -0.39 is 11.5 Å². The van der Waals surface area contributed by atoms with Crippen LogP contribution in [0.25, 0.3) is 28.5 Å². The first kappa shape index (κ1) is 23.4. The molecule has 1 aliphatic heterocycles. The Balaban J connectivity index is 1.35. The molecule has 0 unspecified atom stereocenters. The molecular weight excluding hydrogens is 471 g/mol. The van der Waals surface area contributed by atoms with Crippen molar-refractivity contribution >= 4 is 17.5 Å². The van der Waals surface area contributed by atoms with Crippen LogP contribution >= 0.6 is 0 Å². The molecule has 0 radical (unpaired) electrons. The monoisotopic (exact) mass is 494 g/mol. The summed E-state index contributed by atoms with van der Waals surface area (Å²) in [5, 5.41) is 8.26. The summed E-state index contributed by atoms with van der Waals surface area (Å²) in [6.45, 7) is 2.65. The Morgan fingerprint density at radius 2 is 2.00 bits per heavy atom. The Labute approximate surface area is 204 Å². The minimum atomic E-state index is -0.494. The van der Waals surface area contributed by atoms with Crippen molar-refractivity contribution in [2.45, 2.75) is 26.3 Å². The molecule has 1 aromatic carbocycles. The van der Waals surface area contributed by atoms with Crippen molar-refractivity contribution in [2.75, 3.05) is 19.7 Å². The molecule has 1 saturated heterocycles. The first-order valence-corrected chi connectivity index (χ1v) is 11.6. The second kappa shape index (κ2) is 9.72. The van der Waals surface area contributed by atoms with Crippen LogP contribution < -0.4 is 5.69 Å². The molecule has 1 aliphatic rings. The minimum Gasteiger partial charge on any atom is -0.466 e. The number of aromatic nitrogens is 5. The number of nitrogens with zero attached hydrogens (tertiary/aromatic N) is 6. The molecule has 4 heterocycles. The van der Waals surface area contributed by atoms with E-state index in [4.69, 9.17) is 9.26 Å². The summed E-state index contributed by atoms with van der Waals surface area (Å²) in [5.41, 5.74) is 0.584. The van der Waals surface area contributed by atoms with Crippen LogP contribution in [0.1, 0.15) is 19.8 Å². The molecule has 0 N–H and O–H groups in total. The third kappa shape index (κ3) is 4.49. The highest BCUT2D eigenvalue weighted by atomic mass is 19.1. The quantitative estimate of drug-likeness (QED) is 0.374. The number of benzene rings is 1. The van der Waals surface area contributed by atoms with E-state index in [0.717, 1.165) is 4.68 Å². The number of halogens is 1. The topological polar surface area (TPSA) is 125 Å². The normalized spacial score (nSPS) is 14.3. The summed E-state index contributed by atoms with van der Waals surface area (Å²) < 4.78 is 26.4. The van der Waals surface area contributed by atoms with Gasteiger partial charge >= 0.3 is 11.7 Å². The van der Waals surface area contributed by atoms with E-state index in [1.807, 2.05) is 0 Å². The van der Waals surface area contributed by atoms with Crippen LogP contribution in [-0.4, -0.2) is 60.8 Å². The molecule has 0 saturated carbocycles. The first-order chi connectivity index (χ1) is 17.4. The lowest BCUT2D eigenvalue weighted by Gasteiger charge is -2.30. The van der Waals surface area contributed by atoms with E-state index in [9.17, 15) is 18.8 Å². The molecule has 0 aliphatic carbocycles. The van der Waals surface area contributed by atoms with Gasteiger partial charge in [-0.25, -0.2) is 18.3 Å². The van der Waals surface area contributed by atoms with Crippen LogP contribution in [0.3, 0.4) is 0 Å². The summed E-state index contributed by atoms with van der Waals surface area (Å²) in [5.74, 6) is -0.868. The van der Waals surface area contributed by atoms with E-state index in [1.165, 1.54) is 22.7 Å². The van der Waals surface area contributed by atoms with Gasteiger partial charge in [-0.2, -0.15) is 4.98 Å². The van der Waals surface area contributed by atoms with Gasteiger partial charge in [-0.3, -0.25) is 9.59 Å². The third-order valence-electron chi connectivity index (χ3n) is 6.10. The number of piperidine rings is 1. The zero-order valence-electron chi connectivity index (χ0n) is 19.5. The van der Waals surface area contributed by atoms with Crippen molar-refractivity contribution in [3.63, 3.8) is 0 Å². The lowest BCUT2D eigenvalue weighted by atomic mass is 9.97. The lowest BCUT2D eigenvalue weighted by molar-refractivity contribution is -0.151. The van der Waals surface area contributed by atoms with Gasteiger partial charge in [0.15, 0.2) is 5.65 Å². The van der Waals surface area contributed by atoms with E-state index >= 15 is 0 Å². The molecule has 1 amide bonds. The SMILES string of the molecule is CCOC(=O)C1CCN(C(=O)Cn2nc3c(-c4nc(-c5cccc(F)c5)no4)cccn3c2=O)CC1. The van der Waals surface area contributed by atoms with Gasteiger partial charge in [0.2, 0.25) is 11.7 Å². The number of carbonyl (C=O) groups is 2. The predicted molar refractivity (Wildman–Crippen MR) is 124 cm³/mol. The van der Waals surface area contributed by atoms with E-state index in [-0.39, 0.29) is 41.7 Å². The van der Waals surface area contributed by atoms with Gasteiger partial charge in [-0.15, -0.1) is 5.10 Å². The van der Waals surface area contributed by atoms with Gasteiger partial charge in [0.1, 0.15) is 12.4 Å². The Hall–Kier alpha value is -4.35. The smallest absolute Gasteiger partial charge is 0.350 e. The third-order valence-corrected chi connectivity index (χ3v) is 6.10. The Bertz CT molecular complexity index is 1480. The molecule has 0 bridgehead atoms. The molecule has 36 heavy (non-hydrogen) atoms. The molecule has 0 spiro atoms. The van der Waals surface area contributed by atoms with Crippen molar-refractivity contribution < 1.29 is 23.2 Å². The number of likely N-dealkylation sites (tertiary alicyclic amines) is 1. The molecule has 5 rings (SSSR count). The Morgan fingerprint density at radius 3 is 2.75 bits per heavy atom. The van der Waals surface area contributed by atoms with Crippen molar-refractivity contribution in [2.24, 2.45) is 5.92 Å². The highest BCUT2D eigenvalue weighted by Gasteiger charge is 2.29. The van der Waals surface area contributed by atoms with Crippen LogP contribution in [-0.2, 0) is 20.9 Å². The van der Waals surface area contributed by atoms with Gasteiger partial charge in [-0.05, 0) is 44.0 Å². The number of amides is 1. The van der Waals surface area contributed by atoms with Crippen LogP contribution in [0.4, 0.5) is 4.39 Å². The average Bonchev–Trinajstić information content (AvgIpc) is 3.50. The van der Waals surface area contributed by atoms with Crippen molar-refractivity contribution in [1.29, 1.82) is 0 Å². The van der Waals surface area contributed by atoms with Gasteiger partial charge in [0, 0.05) is 24.8 Å². The van der Waals surface area contributed by atoms with Crippen LogP contribution in [0.5, 0.6) is 0 Å². The standard InChI is InChI=1S/C24H23FN6O5/c1-2-35-23(33)15-8-11-29(12-9-15)19(32)14-31-24(34)30-10-4-7-18(21(30)27-31)22-26-20(28-36-22)16-5-3-6-17(25)13-16/h3-7,10,13,15H,2,8-9,11-12,14H2,1H3. The van der Waals surface area contributed by atoms with Crippen molar-refractivity contribution in [1.82, 2.24) is 29.2 Å². The zero-order valence-corrected chi connectivity index (χ0v) is 19.5. The second-order valence-electron chi connectivity index (χ2n) is 8.40. The first-order valence-electron chi connectivity index (χ1n) is 11.6. The maximum Gasteiger partial charge on any atom is 0.350 e. The minimum absolute atomic E-state index is 0.101. The molecule has 12 heteroatoms. The van der Waals surface area contributed by atoms with Gasteiger partial charge in [-0.1, -0.05) is 17.3 Å². The van der Waals surface area contributed by atoms with E-state index in [0.29, 0.717) is 43.7 Å². The Kier molecular flexibility index (Phi) is 6.32. The fraction of sp³-hybridized carbons (Fsp3) is 0.333. The highest BCUT2D eigenvalue weighted by Crippen LogP contribution is 2.25. The molecule has 11 nitrogen and oxygen atoms in total. The summed E-state index contributed by atoms with van der Waals surface area (Å²) in [6, 6.07) is 9.09. The number of rotatable bonds is 6. The maximum atomic E-state index is 13.6. The number of fused-ring (bicyclic) bond motifs is 1. The van der Waals surface area contributed by atoms with Crippen LogP contribution in [0.2, 0.25) is 0 Å². The lowest BCUT2D eigenvalue weighted by Crippen LogP contribution is -2.43. The molecular formula is C24H23FN6O5. The molecule has 186 valence electrons. The van der Waals surface area contributed by atoms with Crippen molar-refractivity contribution in [3.05, 3.63) is 58.9 Å². The van der Waals surface area contributed by atoms with Gasteiger partial charge in [0.25, 0.3) is 5.89 Å². The van der Waals surface area contributed by atoms with E-state index in [2.05, 4.69) is 15.2 Å². The molecule has 4 aromatic rings. The number of carbonyl (C=O) groups excluding carboxylic acids is 2. The second-order valence-corrected chi connectivity index (χ2v) is 8.40. The van der Waals surface area contributed by atoms with Gasteiger partial charge in [0.05, 0.1) is 18.1 Å². The number of hydrogen-bond acceptors (Lipinski definition) is 8. The number of esters is 1. The van der Waals surface area contributed by atoms with Crippen LogP contribution in [0, 0.1) is 11.7 Å². The molecule has 3 aromatic heterocycles. The highest BCUT2D eigenvalue weighted by molar-refractivity contribution is 5.77. The van der Waals surface area contributed by atoms with Crippen LogP contribution in [0.15, 0.2) is 51.9 Å². The van der Waals surface area contributed by atoms with Crippen molar-refractivity contribution in [3.8, 4) is 22.8 Å². The fourth-order valence-electron chi connectivity index (χ4n) is 4.24. The Morgan fingerprint density at radius 1 is 1.19 bits per heavy atom. The number of hydrogen-bond donors (Lipinski definition) is 0. The molecule has 1 fully saturated rings. The largest absolute Gasteiger partial charge is 0.466 e. The maximum absolute atomic E-state index is 13.6. The zero-order chi connectivity index (χ0) is 25.2. The summed E-state index contributed by atoms with van der Waals surface area (Å²) in [6.07, 6.45) is 2.56. The predicted octanol–water partition coefficient (Wildman–Crippen LogP) is 2.15. The fourth-order valence-corrected chi connectivity index (χ4v) is 4.24. The number of pyridine rings is 1. The van der Waals surface area contributed by atoms with Gasteiger partial charge < -0.3 is 14.2 Å². The summed E-state index contributed by atoms with van der Waals surface area (Å²) >= 11 is 0. The summed E-state index contributed by atoms with van der Waals surface area (Å²) in [7, 11) is 0.